The topological polar surface area (TPSA) is 70.7 Å². The number of rotatable bonds is 8. The number of nitrogens with one attached hydrogen (secondary N) is 2. The number of unbranched alkanes of at least 4 members (excludes halogenated alkanes) is 1. The number of carbonyl (C=O) groups excluding carboxylic acids is 1. The minimum Gasteiger partial charge on any atom is -0.293 e. The molecular formula is C14H24N4OS2. The maximum absolute atomic E-state index is 11.8. The summed E-state index contributed by atoms with van der Waals surface area (Å²) in [6.07, 6.45) is 6.01. The van der Waals surface area contributed by atoms with Crippen molar-refractivity contribution in [2.24, 2.45) is 5.92 Å². The van der Waals surface area contributed by atoms with Gasteiger partial charge in [0.05, 0.1) is 0 Å². The van der Waals surface area contributed by atoms with Gasteiger partial charge >= 0.3 is 0 Å². The lowest BCUT2D eigenvalue weighted by Gasteiger charge is -2.06. The van der Waals surface area contributed by atoms with Gasteiger partial charge in [0, 0.05) is 23.8 Å². The Bertz CT molecular complexity index is 444. The van der Waals surface area contributed by atoms with Crippen LogP contribution in [0.1, 0.15) is 51.8 Å². The summed E-state index contributed by atoms with van der Waals surface area (Å²) in [7, 11) is 3.98. The molecule has 0 aliphatic carbocycles. The van der Waals surface area contributed by atoms with Crippen molar-refractivity contribution in [3.63, 3.8) is 0 Å². The molecule has 0 aromatic carbocycles. The van der Waals surface area contributed by atoms with Crippen molar-refractivity contribution in [3.8, 4) is 0 Å². The first-order valence-corrected chi connectivity index (χ1v) is 10.0. The molecule has 0 spiro atoms. The van der Waals surface area contributed by atoms with E-state index in [0.29, 0.717) is 18.3 Å². The van der Waals surface area contributed by atoms with Gasteiger partial charge in [-0.2, -0.15) is 4.98 Å². The van der Waals surface area contributed by atoms with Gasteiger partial charge in [-0.15, -0.1) is 5.10 Å². The highest BCUT2D eigenvalue weighted by atomic mass is 33.1. The number of anilines is 1. The number of aromatic nitrogens is 3. The molecule has 1 aliphatic rings. The van der Waals surface area contributed by atoms with Crippen molar-refractivity contribution in [2.45, 2.75) is 57.6 Å². The van der Waals surface area contributed by atoms with Crippen molar-refractivity contribution < 1.29 is 4.79 Å². The zero-order valence-corrected chi connectivity index (χ0v) is 14.4. The van der Waals surface area contributed by atoms with Crippen LogP contribution in [0.3, 0.4) is 0 Å². The largest absolute Gasteiger partial charge is 0.293 e. The average molecular weight is 329 g/mol. The Kier molecular flexibility index (Phi) is 6.89. The summed E-state index contributed by atoms with van der Waals surface area (Å²) in [6.45, 7) is 4.25. The number of hydrogen-bond acceptors (Lipinski definition) is 5. The van der Waals surface area contributed by atoms with Crippen LogP contribution in [0.5, 0.6) is 0 Å². The maximum Gasteiger partial charge on any atom is 0.248 e. The molecule has 21 heavy (non-hydrogen) atoms. The molecule has 2 heterocycles. The molecule has 0 bridgehead atoms. The van der Waals surface area contributed by atoms with E-state index >= 15 is 0 Å². The third-order valence-corrected chi connectivity index (χ3v) is 6.30. The van der Waals surface area contributed by atoms with Crippen LogP contribution < -0.4 is 5.32 Å². The van der Waals surface area contributed by atoms with Gasteiger partial charge in [0.15, 0.2) is 0 Å². The van der Waals surface area contributed by atoms with E-state index in [0.717, 1.165) is 30.3 Å². The Morgan fingerprint density at radius 1 is 1.48 bits per heavy atom. The van der Waals surface area contributed by atoms with Crippen LogP contribution >= 0.6 is 21.6 Å². The molecule has 5 nitrogen and oxygen atoms in total. The number of amides is 1. The Hall–Kier alpha value is -0.690. The minimum atomic E-state index is 0.0125. The number of carbonyl (C=O) groups is 1. The number of nitrogens with zero attached hydrogens (tertiary/aromatic N) is 2. The normalized spacial score (nSPS) is 18.3. The molecule has 0 saturated carbocycles. The molecular weight excluding hydrogens is 304 g/mol. The molecule has 0 unspecified atom stereocenters. The Labute approximate surface area is 134 Å². The Balaban J connectivity index is 1.61. The van der Waals surface area contributed by atoms with Gasteiger partial charge in [-0.1, -0.05) is 41.9 Å². The molecule has 7 heteroatoms. The summed E-state index contributed by atoms with van der Waals surface area (Å²) in [6, 6.07) is 0. The lowest BCUT2D eigenvalue weighted by molar-refractivity contribution is -0.116. The predicted molar refractivity (Wildman–Crippen MR) is 90.5 cm³/mol. The van der Waals surface area contributed by atoms with Crippen LogP contribution in [0.25, 0.3) is 0 Å². The highest BCUT2D eigenvalue weighted by molar-refractivity contribution is 8.77. The lowest BCUT2D eigenvalue weighted by atomic mass is 10.1. The van der Waals surface area contributed by atoms with Gasteiger partial charge in [-0.25, -0.2) is 0 Å². The zero-order valence-electron chi connectivity index (χ0n) is 12.7. The van der Waals surface area contributed by atoms with E-state index in [9.17, 15) is 4.79 Å². The number of aromatic amines is 1. The molecule has 1 amide bonds. The van der Waals surface area contributed by atoms with Crippen molar-refractivity contribution in [1.29, 1.82) is 0 Å². The molecule has 2 N–H and O–H groups in total. The van der Waals surface area contributed by atoms with E-state index in [4.69, 9.17) is 0 Å². The molecule has 1 aromatic rings. The van der Waals surface area contributed by atoms with E-state index in [2.05, 4.69) is 34.3 Å². The van der Waals surface area contributed by atoms with Gasteiger partial charge in [-0.05, 0) is 25.2 Å². The van der Waals surface area contributed by atoms with Gasteiger partial charge in [0.2, 0.25) is 11.9 Å². The average Bonchev–Trinajstić information content (AvgIpc) is 3.06. The zero-order chi connectivity index (χ0) is 15.1. The minimum absolute atomic E-state index is 0.0125. The van der Waals surface area contributed by atoms with Crippen molar-refractivity contribution in [3.05, 3.63) is 5.82 Å². The molecule has 2 rings (SSSR count). The molecule has 1 aromatic heterocycles. The van der Waals surface area contributed by atoms with E-state index in [1.54, 1.807) is 0 Å². The van der Waals surface area contributed by atoms with Crippen LogP contribution in [-0.2, 0) is 11.2 Å². The monoisotopic (exact) mass is 328 g/mol. The summed E-state index contributed by atoms with van der Waals surface area (Å²) < 4.78 is 0. The summed E-state index contributed by atoms with van der Waals surface area (Å²) in [5.41, 5.74) is 0. The Morgan fingerprint density at radius 3 is 3.05 bits per heavy atom. The third-order valence-electron chi connectivity index (χ3n) is 3.29. The third kappa shape index (κ3) is 6.30. The second-order valence-corrected chi connectivity index (χ2v) is 8.61. The summed E-state index contributed by atoms with van der Waals surface area (Å²) in [4.78, 5) is 16.1. The van der Waals surface area contributed by atoms with Crippen molar-refractivity contribution in [1.82, 2.24) is 15.2 Å². The van der Waals surface area contributed by atoms with Gasteiger partial charge in [-0.3, -0.25) is 15.2 Å². The van der Waals surface area contributed by atoms with Gasteiger partial charge in [0.1, 0.15) is 5.82 Å². The fourth-order valence-corrected chi connectivity index (χ4v) is 5.27. The molecule has 1 fully saturated rings. The highest BCUT2D eigenvalue weighted by Gasteiger charge is 2.16. The van der Waals surface area contributed by atoms with Crippen LogP contribution in [-0.4, -0.2) is 32.1 Å². The summed E-state index contributed by atoms with van der Waals surface area (Å²) in [5, 5.41) is 10.5. The van der Waals surface area contributed by atoms with Crippen molar-refractivity contribution in [2.75, 3.05) is 11.1 Å². The lowest BCUT2D eigenvalue weighted by Crippen LogP contribution is -2.12. The van der Waals surface area contributed by atoms with Gasteiger partial charge in [0.25, 0.3) is 0 Å². The number of hydrogen-bond donors (Lipinski definition) is 2. The predicted octanol–water partition coefficient (Wildman–Crippen LogP) is 3.66. The van der Waals surface area contributed by atoms with Gasteiger partial charge < -0.3 is 0 Å². The van der Waals surface area contributed by atoms with Crippen molar-refractivity contribution >= 4 is 33.4 Å². The second-order valence-electron chi connectivity index (χ2n) is 5.83. The smallest absolute Gasteiger partial charge is 0.248 e. The first kappa shape index (κ1) is 16.7. The molecule has 1 atom stereocenters. The molecule has 118 valence electrons. The van der Waals surface area contributed by atoms with E-state index < -0.39 is 0 Å². The van der Waals surface area contributed by atoms with Crippen LogP contribution in [0.2, 0.25) is 0 Å². The second kappa shape index (κ2) is 8.68. The molecule has 1 aliphatic heterocycles. The van der Waals surface area contributed by atoms with Crippen LogP contribution in [0.15, 0.2) is 0 Å². The summed E-state index contributed by atoms with van der Waals surface area (Å²) in [5.74, 6) is 3.04. The fourth-order valence-electron chi connectivity index (χ4n) is 2.24. The van der Waals surface area contributed by atoms with E-state index in [-0.39, 0.29) is 5.91 Å². The van der Waals surface area contributed by atoms with Crippen LogP contribution in [0, 0.1) is 5.92 Å². The highest BCUT2D eigenvalue weighted by Crippen LogP contribution is 2.39. The molecule has 0 radical (unpaired) electrons. The Morgan fingerprint density at radius 2 is 2.33 bits per heavy atom. The van der Waals surface area contributed by atoms with E-state index in [1.807, 2.05) is 21.6 Å². The SMILES string of the molecule is CC(C)Cc1nc(NC(=O)CCCC[C@H]2CCSS2)n[nH]1. The summed E-state index contributed by atoms with van der Waals surface area (Å²) >= 11 is 0. The standard InChI is InChI=1S/C14H24N4OS2/c1-10(2)9-12-15-14(18-17-12)16-13(19)6-4-3-5-11-7-8-20-21-11/h10-11H,3-9H2,1-2H3,(H2,15,16,17,18,19)/t11-/m0/s1. The van der Waals surface area contributed by atoms with E-state index in [1.165, 1.54) is 18.6 Å². The first-order chi connectivity index (χ1) is 10.1. The van der Waals surface area contributed by atoms with Crippen LogP contribution in [0.4, 0.5) is 5.95 Å². The molecule has 1 saturated heterocycles. The maximum atomic E-state index is 11.8. The quantitative estimate of drug-likeness (QED) is 0.563. The number of H-pyrrole nitrogens is 1. The fraction of sp³-hybridized carbons (Fsp3) is 0.786. The first-order valence-electron chi connectivity index (χ1n) is 7.63.